The fourth-order valence-electron chi connectivity index (χ4n) is 3.91. The second-order valence-corrected chi connectivity index (χ2v) is 7.62. The van der Waals surface area contributed by atoms with Crippen molar-refractivity contribution in [2.75, 3.05) is 39.9 Å². The van der Waals surface area contributed by atoms with Crippen LogP contribution in [0.5, 0.6) is 5.75 Å². The molecule has 1 fully saturated rings. The number of rotatable bonds is 6. The number of para-hydroxylation sites is 1. The summed E-state index contributed by atoms with van der Waals surface area (Å²) < 4.78 is 12.4. The third kappa shape index (κ3) is 4.88. The van der Waals surface area contributed by atoms with Gasteiger partial charge in [0.25, 0.3) is 0 Å². The number of aromatic nitrogens is 2. The highest BCUT2D eigenvalue weighted by molar-refractivity contribution is 5.67. The van der Waals surface area contributed by atoms with Gasteiger partial charge in [0.2, 0.25) is 0 Å². The number of nitrogens with zero attached hydrogens (tertiary/aromatic N) is 3. The first-order chi connectivity index (χ1) is 15.2. The number of amides is 1. The SMILES string of the molecule is CCOC(=O)N1CC[NH+](Cc2cn(-c3ccccc3)nc2-c2ccc(OC)cc2)CC1. The Morgan fingerprint density at radius 2 is 1.77 bits per heavy atom. The van der Waals surface area contributed by atoms with Crippen LogP contribution in [0.4, 0.5) is 4.79 Å². The number of hydrogen-bond acceptors (Lipinski definition) is 4. The van der Waals surface area contributed by atoms with E-state index in [1.807, 2.05) is 54.1 Å². The molecule has 0 spiro atoms. The van der Waals surface area contributed by atoms with E-state index in [0.29, 0.717) is 19.7 Å². The van der Waals surface area contributed by atoms with Crippen molar-refractivity contribution < 1.29 is 19.2 Å². The first-order valence-corrected chi connectivity index (χ1v) is 10.7. The fraction of sp³-hybridized carbons (Fsp3) is 0.333. The minimum atomic E-state index is -0.211. The van der Waals surface area contributed by atoms with Crippen LogP contribution in [0.3, 0.4) is 0 Å². The van der Waals surface area contributed by atoms with Crippen molar-refractivity contribution in [1.29, 1.82) is 0 Å². The van der Waals surface area contributed by atoms with E-state index in [2.05, 4.69) is 18.3 Å². The maximum atomic E-state index is 12.0. The Kier molecular flexibility index (Phi) is 6.52. The summed E-state index contributed by atoms with van der Waals surface area (Å²) in [4.78, 5) is 15.2. The summed E-state index contributed by atoms with van der Waals surface area (Å²) in [6, 6.07) is 18.2. The zero-order chi connectivity index (χ0) is 21.6. The largest absolute Gasteiger partial charge is 0.497 e. The molecule has 1 aromatic heterocycles. The van der Waals surface area contributed by atoms with Crippen LogP contribution in [0.15, 0.2) is 60.8 Å². The van der Waals surface area contributed by atoms with Crippen LogP contribution in [0.1, 0.15) is 12.5 Å². The summed E-state index contributed by atoms with van der Waals surface area (Å²) in [5.74, 6) is 0.827. The van der Waals surface area contributed by atoms with Crippen LogP contribution in [-0.4, -0.2) is 60.7 Å². The predicted octanol–water partition coefficient (Wildman–Crippen LogP) is 2.40. The van der Waals surface area contributed by atoms with Crippen molar-refractivity contribution in [2.45, 2.75) is 13.5 Å². The van der Waals surface area contributed by atoms with Crippen LogP contribution in [0, 0.1) is 0 Å². The van der Waals surface area contributed by atoms with Gasteiger partial charge in [-0.3, -0.25) is 4.90 Å². The molecule has 7 nitrogen and oxygen atoms in total. The van der Waals surface area contributed by atoms with E-state index in [0.717, 1.165) is 42.3 Å². The third-order valence-corrected chi connectivity index (χ3v) is 5.61. The molecule has 3 aromatic rings. The smallest absolute Gasteiger partial charge is 0.410 e. The number of hydrogen-bond donors (Lipinski definition) is 1. The summed E-state index contributed by atoms with van der Waals surface area (Å²) in [6.45, 7) is 6.29. The van der Waals surface area contributed by atoms with Crippen molar-refractivity contribution in [2.24, 2.45) is 0 Å². The van der Waals surface area contributed by atoms with Gasteiger partial charge < -0.3 is 14.4 Å². The lowest BCUT2D eigenvalue weighted by Gasteiger charge is -2.31. The van der Waals surface area contributed by atoms with Crippen molar-refractivity contribution in [3.05, 3.63) is 66.4 Å². The minimum absolute atomic E-state index is 0.211. The number of carbonyl (C=O) groups is 1. The molecule has 0 atom stereocenters. The van der Waals surface area contributed by atoms with Gasteiger partial charge in [-0.05, 0) is 43.3 Å². The Labute approximate surface area is 182 Å². The highest BCUT2D eigenvalue weighted by atomic mass is 16.6. The normalized spacial score (nSPS) is 14.5. The number of methoxy groups -OCH3 is 1. The zero-order valence-corrected chi connectivity index (χ0v) is 18.1. The molecule has 1 aliphatic heterocycles. The molecule has 0 radical (unpaired) electrons. The number of carbonyl (C=O) groups excluding carboxylic acids is 1. The van der Waals surface area contributed by atoms with Gasteiger partial charge in [-0.15, -0.1) is 0 Å². The maximum Gasteiger partial charge on any atom is 0.410 e. The van der Waals surface area contributed by atoms with Crippen molar-refractivity contribution in [3.8, 4) is 22.7 Å². The predicted molar refractivity (Wildman–Crippen MR) is 119 cm³/mol. The number of benzene rings is 2. The Morgan fingerprint density at radius 1 is 1.06 bits per heavy atom. The molecule has 0 saturated carbocycles. The lowest BCUT2D eigenvalue weighted by molar-refractivity contribution is -0.917. The first kappa shape index (κ1) is 20.9. The number of quaternary nitrogens is 1. The summed E-state index contributed by atoms with van der Waals surface area (Å²) in [5, 5.41) is 4.92. The van der Waals surface area contributed by atoms with Crippen molar-refractivity contribution in [3.63, 3.8) is 0 Å². The molecule has 1 N–H and O–H groups in total. The van der Waals surface area contributed by atoms with Crippen molar-refractivity contribution >= 4 is 6.09 Å². The van der Waals surface area contributed by atoms with Crippen LogP contribution >= 0.6 is 0 Å². The molecule has 0 bridgehead atoms. The number of ether oxygens (including phenoxy) is 2. The second kappa shape index (κ2) is 9.66. The lowest BCUT2D eigenvalue weighted by Crippen LogP contribution is -3.13. The summed E-state index contributed by atoms with van der Waals surface area (Å²) in [6.07, 6.45) is 1.91. The number of nitrogens with one attached hydrogen (secondary N) is 1. The summed E-state index contributed by atoms with van der Waals surface area (Å²) in [5.41, 5.74) is 4.26. The molecular weight excluding hydrogens is 392 g/mol. The molecule has 162 valence electrons. The van der Waals surface area contributed by atoms with Gasteiger partial charge in [0.1, 0.15) is 18.0 Å². The van der Waals surface area contributed by atoms with Crippen LogP contribution < -0.4 is 9.64 Å². The van der Waals surface area contributed by atoms with E-state index in [9.17, 15) is 4.79 Å². The van der Waals surface area contributed by atoms with Gasteiger partial charge in [0.15, 0.2) is 0 Å². The van der Waals surface area contributed by atoms with Gasteiger partial charge >= 0.3 is 6.09 Å². The first-order valence-electron chi connectivity index (χ1n) is 10.7. The Bertz CT molecular complexity index is 993. The third-order valence-electron chi connectivity index (χ3n) is 5.61. The van der Waals surface area contributed by atoms with E-state index < -0.39 is 0 Å². The van der Waals surface area contributed by atoms with Crippen LogP contribution in [-0.2, 0) is 11.3 Å². The van der Waals surface area contributed by atoms with Gasteiger partial charge in [0.05, 0.1) is 51.1 Å². The van der Waals surface area contributed by atoms with Crippen LogP contribution in [0.25, 0.3) is 16.9 Å². The molecule has 1 saturated heterocycles. The van der Waals surface area contributed by atoms with Crippen LogP contribution in [0.2, 0.25) is 0 Å². The Balaban J connectivity index is 1.56. The molecule has 2 heterocycles. The molecule has 1 amide bonds. The Morgan fingerprint density at radius 3 is 2.42 bits per heavy atom. The maximum absolute atomic E-state index is 12.0. The van der Waals surface area contributed by atoms with E-state index in [-0.39, 0.29) is 6.09 Å². The van der Waals surface area contributed by atoms with Gasteiger partial charge in [-0.1, -0.05) is 18.2 Å². The average molecular weight is 422 g/mol. The average Bonchev–Trinajstić information content (AvgIpc) is 3.24. The fourth-order valence-corrected chi connectivity index (χ4v) is 3.91. The van der Waals surface area contributed by atoms with Gasteiger partial charge in [-0.2, -0.15) is 5.10 Å². The standard InChI is InChI=1S/C24H28N4O3/c1-3-31-24(29)27-15-13-26(14-16-27)17-20-18-28(21-7-5-4-6-8-21)25-23(20)19-9-11-22(30-2)12-10-19/h4-12,18H,3,13-17H2,1-2H3/p+1. The highest BCUT2D eigenvalue weighted by Gasteiger charge is 2.26. The van der Waals surface area contributed by atoms with E-state index in [4.69, 9.17) is 14.6 Å². The molecule has 4 rings (SSSR count). The monoisotopic (exact) mass is 421 g/mol. The highest BCUT2D eigenvalue weighted by Crippen LogP contribution is 2.25. The zero-order valence-electron chi connectivity index (χ0n) is 18.1. The molecule has 2 aromatic carbocycles. The van der Waals surface area contributed by atoms with E-state index in [1.165, 1.54) is 10.5 Å². The van der Waals surface area contributed by atoms with Gasteiger partial charge in [0, 0.05) is 11.8 Å². The number of piperazine rings is 1. The second-order valence-electron chi connectivity index (χ2n) is 7.62. The Hall–Kier alpha value is -3.32. The van der Waals surface area contributed by atoms with E-state index >= 15 is 0 Å². The quantitative estimate of drug-likeness (QED) is 0.664. The topological polar surface area (TPSA) is 61.0 Å². The molecule has 31 heavy (non-hydrogen) atoms. The minimum Gasteiger partial charge on any atom is -0.497 e. The summed E-state index contributed by atoms with van der Waals surface area (Å²) in [7, 11) is 1.67. The summed E-state index contributed by atoms with van der Waals surface area (Å²) >= 11 is 0. The molecule has 0 unspecified atom stereocenters. The van der Waals surface area contributed by atoms with Gasteiger partial charge in [-0.25, -0.2) is 9.48 Å². The van der Waals surface area contributed by atoms with Crippen molar-refractivity contribution in [1.82, 2.24) is 14.7 Å². The molecular formula is C24H29N4O3+. The lowest BCUT2D eigenvalue weighted by atomic mass is 10.1. The molecule has 1 aliphatic rings. The molecule has 0 aliphatic carbocycles. The van der Waals surface area contributed by atoms with E-state index in [1.54, 1.807) is 12.0 Å². The molecule has 7 heteroatoms.